The van der Waals surface area contributed by atoms with Crippen LogP contribution in [0.2, 0.25) is 0 Å². The van der Waals surface area contributed by atoms with E-state index in [0.717, 1.165) is 31.0 Å². The summed E-state index contributed by atoms with van der Waals surface area (Å²) in [5.74, 6) is -0.216. The lowest BCUT2D eigenvalue weighted by atomic mass is 9.97. The van der Waals surface area contributed by atoms with Crippen LogP contribution in [0.4, 0.5) is 0 Å². The smallest absolute Gasteiger partial charge is 0.371 e. The number of piperazine rings is 1. The second-order valence-corrected chi connectivity index (χ2v) is 6.42. The van der Waals surface area contributed by atoms with Crippen molar-refractivity contribution in [1.29, 1.82) is 0 Å². The molecule has 1 N–H and O–H groups in total. The third-order valence-corrected chi connectivity index (χ3v) is 4.92. The van der Waals surface area contributed by atoms with E-state index in [0.29, 0.717) is 12.1 Å². The molecule has 116 valence electrons. The maximum Gasteiger partial charge on any atom is 0.371 e. The molecule has 2 unspecified atom stereocenters. The van der Waals surface area contributed by atoms with E-state index in [1.807, 2.05) is 6.92 Å². The second kappa shape index (κ2) is 5.81. The van der Waals surface area contributed by atoms with Crippen LogP contribution in [0.3, 0.4) is 0 Å². The van der Waals surface area contributed by atoms with Crippen LogP contribution in [0.5, 0.6) is 0 Å². The van der Waals surface area contributed by atoms with Crippen molar-refractivity contribution in [2.45, 2.75) is 51.7 Å². The largest absolute Gasteiger partial charge is 0.475 e. The third kappa shape index (κ3) is 2.99. The molecule has 5 heteroatoms. The minimum atomic E-state index is -0.991. The summed E-state index contributed by atoms with van der Waals surface area (Å²) < 4.78 is 5.32. The fourth-order valence-corrected chi connectivity index (χ4v) is 3.63. The Balaban J connectivity index is 1.70. The van der Waals surface area contributed by atoms with Crippen LogP contribution in [-0.4, -0.2) is 52.6 Å². The first kappa shape index (κ1) is 14.6. The lowest BCUT2D eigenvalue weighted by Crippen LogP contribution is -2.58. The van der Waals surface area contributed by atoms with Crippen LogP contribution in [-0.2, 0) is 6.54 Å². The normalized spacial score (nSPS) is 27.5. The molecule has 21 heavy (non-hydrogen) atoms. The summed E-state index contributed by atoms with van der Waals surface area (Å²) in [6.07, 6.45) is 3.94. The zero-order valence-electron chi connectivity index (χ0n) is 12.8. The minimum absolute atomic E-state index is 0.0476. The first-order chi connectivity index (χ1) is 10.0. The van der Waals surface area contributed by atoms with Crippen LogP contribution in [0, 0.1) is 6.92 Å². The third-order valence-electron chi connectivity index (χ3n) is 4.92. The van der Waals surface area contributed by atoms with E-state index in [1.54, 1.807) is 6.07 Å². The summed E-state index contributed by atoms with van der Waals surface area (Å²) in [5, 5.41) is 9.02. The molecule has 0 amide bonds. The van der Waals surface area contributed by atoms with Gasteiger partial charge in [0.05, 0.1) is 0 Å². The van der Waals surface area contributed by atoms with Crippen molar-refractivity contribution in [3.63, 3.8) is 0 Å². The number of hydrogen-bond donors (Lipinski definition) is 1. The van der Waals surface area contributed by atoms with E-state index < -0.39 is 5.97 Å². The van der Waals surface area contributed by atoms with Gasteiger partial charge in [-0.3, -0.25) is 9.80 Å². The number of fused-ring (bicyclic) bond motifs is 1. The molecule has 0 aliphatic carbocycles. The van der Waals surface area contributed by atoms with Gasteiger partial charge in [0, 0.05) is 37.3 Å². The van der Waals surface area contributed by atoms with Crippen molar-refractivity contribution in [2.75, 3.05) is 19.6 Å². The topological polar surface area (TPSA) is 56.9 Å². The van der Waals surface area contributed by atoms with E-state index in [4.69, 9.17) is 9.52 Å². The highest BCUT2D eigenvalue weighted by Crippen LogP contribution is 2.26. The fourth-order valence-electron chi connectivity index (χ4n) is 3.63. The maximum absolute atomic E-state index is 11.0. The molecule has 0 aromatic carbocycles. The molecule has 0 saturated carbocycles. The van der Waals surface area contributed by atoms with E-state index in [1.165, 1.54) is 25.8 Å². The number of carboxylic acid groups (broad SMARTS) is 1. The minimum Gasteiger partial charge on any atom is -0.475 e. The summed E-state index contributed by atoms with van der Waals surface area (Å²) in [5.41, 5.74) is 1.00. The number of nitrogens with zero attached hydrogens (tertiary/aromatic N) is 2. The second-order valence-electron chi connectivity index (χ2n) is 6.42. The van der Waals surface area contributed by atoms with Gasteiger partial charge in [-0.15, -0.1) is 0 Å². The van der Waals surface area contributed by atoms with Crippen LogP contribution in [0.15, 0.2) is 10.5 Å². The molecular weight excluding hydrogens is 268 g/mol. The van der Waals surface area contributed by atoms with Gasteiger partial charge in [-0.05, 0) is 39.3 Å². The molecule has 0 spiro atoms. The highest BCUT2D eigenvalue weighted by molar-refractivity contribution is 5.84. The van der Waals surface area contributed by atoms with Crippen LogP contribution >= 0.6 is 0 Å². The molecule has 2 saturated heterocycles. The quantitative estimate of drug-likeness (QED) is 0.926. The van der Waals surface area contributed by atoms with Gasteiger partial charge in [-0.2, -0.15) is 0 Å². The molecular formula is C16H24N2O3. The maximum atomic E-state index is 11.0. The van der Waals surface area contributed by atoms with E-state index in [-0.39, 0.29) is 5.76 Å². The van der Waals surface area contributed by atoms with Gasteiger partial charge in [0.1, 0.15) is 5.76 Å². The lowest BCUT2D eigenvalue weighted by molar-refractivity contribution is 0.0109. The van der Waals surface area contributed by atoms with Crippen LogP contribution < -0.4 is 0 Å². The highest BCUT2D eigenvalue weighted by Gasteiger charge is 2.33. The zero-order valence-corrected chi connectivity index (χ0v) is 12.8. The van der Waals surface area contributed by atoms with Gasteiger partial charge >= 0.3 is 5.97 Å². The number of hydrogen-bond acceptors (Lipinski definition) is 4. The van der Waals surface area contributed by atoms with Crippen molar-refractivity contribution in [1.82, 2.24) is 9.80 Å². The molecule has 0 bridgehead atoms. The van der Waals surface area contributed by atoms with Gasteiger partial charge < -0.3 is 9.52 Å². The summed E-state index contributed by atoms with van der Waals surface area (Å²) >= 11 is 0. The Morgan fingerprint density at radius 3 is 2.95 bits per heavy atom. The average Bonchev–Trinajstić information content (AvgIpc) is 2.81. The Morgan fingerprint density at radius 2 is 2.24 bits per heavy atom. The summed E-state index contributed by atoms with van der Waals surface area (Å²) in [6.45, 7) is 8.33. The fraction of sp³-hybridized carbons (Fsp3) is 0.688. The molecule has 3 heterocycles. The number of carboxylic acids is 1. The molecule has 5 nitrogen and oxygen atoms in total. The van der Waals surface area contributed by atoms with Gasteiger partial charge in [-0.1, -0.05) is 6.42 Å². The predicted molar refractivity (Wildman–Crippen MR) is 79.5 cm³/mol. The van der Waals surface area contributed by atoms with E-state index >= 15 is 0 Å². The van der Waals surface area contributed by atoms with Crippen molar-refractivity contribution < 1.29 is 14.3 Å². The molecule has 2 aliphatic rings. The Bertz CT molecular complexity index is 526. The average molecular weight is 292 g/mol. The highest BCUT2D eigenvalue weighted by atomic mass is 16.4. The van der Waals surface area contributed by atoms with Crippen molar-refractivity contribution in [3.05, 3.63) is 23.2 Å². The molecule has 2 atom stereocenters. The van der Waals surface area contributed by atoms with Gasteiger partial charge in [0.15, 0.2) is 0 Å². The number of aryl methyl sites for hydroxylation is 1. The Kier molecular flexibility index (Phi) is 4.04. The molecule has 1 aromatic heterocycles. The number of rotatable bonds is 3. The standard InChI is InChI=1S/C16H24N2O3/c1-11-8-17-6-4-3-5-14(17)10-18(11)9-13-7-15(16(19)20)21-12(13)2/h7,11,14H,3-6,8-10H2,1-2H3,(H,19,20). The number of carbonyl (C=O) groups is 1. The van der Waals surface area contributed by atoms with E-state index in [2.05, 4.69) is 16.7 Å². The van der Waals surface area contributed by atoms with Crippen molar-refractivity contribution in [3.8, 4) is 0 Å². The summed E-state index contributed by atoms with van der Waals surface area (Å²) in [6, 6.07) is 2.85. The van der Waals surface area contributed by atoms with Crippen LogP contribution in [0.25, 0.3) is 0 Å². The first-order valence-electron chi connectivity index (χ1n) is 7.85. The van der Waals surface area contributed by atoms with Gasteiger partial charge in [0.2, 0.25) is 5.76 Å². The Labute approximate surface area is 125 Å². The van der Waals surface area contributed by atoms with Gasteiger partial charge in [-0.25, -0.2) is 4.79 Å². The first-order valence-corrected chi connectivity index (χ1v) is 7.85. The summed E-state index contributed by atoms with van der Waals surface area (Å²) in [4.78, 5) is 16.1. The molecule has 2 aliphatic heterocycles. The predicted octanol–water partition coefficient (Wildman–Crippen LogP) is 2.34. The van der Waals surface area contributed by atoms with Crippen molar-refractivity contribution in [2.24, 2.45) is 0 Å². The van der Waals surface area contributed by atoms with Gasteiger partial charge in [0.25, 0.3) is 0 Å². The monoisotopic (exact) mass is 292 g/mol. The van der Waals surface area contributed by atoms with Crippen LogP contribution in [0.1, 0.15) is 48.1 Å². The SMILES string of the molecule is Cc1oc(C(=O)O)cc1CN1CC2CCCCN2CC1C. The number of furan rings is 1. The summed E-state index contributed by atoms with van der Waals surface area (Å²) in [7, 11) is 0. The number of piperidine rings is 1. The lowest BCUT2D eigenvalue weighted by Gasteiger charge is -2.47. The Hall–Kier alpha value is -1.33. The number of aromatic carboxylic acids is 1. The molecule has 2 fully saturated rings. The molecule has 0 radical (unpaired) electrons. The van der Waals surface area contributed by atoms with Crippen molar-refractivity contribution >= 4 is 5.97 Å². The zero-order chi connectivity index (χ0) is 15.0. The van der Waals surface area contributed by atoms with E-state index in [9.17, 15) is 4.79 Å². The Morgan fingerprint density at radius 1 is 1.43 bits per heavy atom. The molecule has 1 aromatic rings. The molecule has 3 rings (SSSR count).